The normalized spacial score (nSPS) is 31.4. The quantitative estimate of drug-likeness (QED) is 0.545. The zero-order valence-electron chi connectivity index (χ0n) is 17.6. The van der Waals surface area contributed by atoms with Gasteiger partial charge in [0.25, 0.3) is 0 Å². The Morgan fingerprint density at radius 2 is 2.00 bits per heavy atom. The number of benzene rings is 1. The average molecular weight is 472 g/mol. The van der Waals surface area contributed by atoms with Crippen LogP contribution >= 0.6 is 11.6 Å². The van der Waals surface area contributed by atoms with E-state index in [9.17, 15) is 12.8 Å². The molecule has 2 heterocycles. The van der Waals surface area contributed by atoms with E-state index in [4.69, 9.17) is 16.3 Å². The standard InChI is InChI=1S/C23H28ClF2NO3S/c1-2-3-4-13-27-14-5-12-23(31(28,29)17-8-6-16(24)7-9-17)20(27)15-30-22-19(26)11-10-18(25)21(22)23/h6-11,19-20,22H,2-5,12-15H2,1H3/t19?,20-,22?,23+/m0/s1. The third-order valence-corrected chi connectivity index (χ3v) is 9.57. The highest BCUT2D eigenvalue weighted by Gasteiger charge is 2.63. The van der Waals surface area contributed by atoms with Crippen molar-refractivity contribution < 1.29 is 21.9 Å². The van der Waals surface area contributed by atoms with Crippen molar-refractivity contribution in [3.05, 3.63) is 52.8 Å². The molecule has 0 saturated carbocycles. The highest BCUT2D eigenvalue weighted by Crippen LogP contribution is 2.51. The van der Waals surface area contributed by atoms with Crippen LogP contribution in [0.25, 0.3) is 0 Å². The maximum Gasteiger partial charge on any atom is 0.189 e. The smallest absolute Gasteiger partial charge is 0.189 e. The zero-order valence-corrected chi connectivity index (χ0v) is 19.1. The lowest BCUT2D eigenvalue weighted by atomic mass is 9.75. The minimum absolute atomic E-state index is 0.0502. The fourth-order valence-corrected chi connectivity index (χ4v) is 7.84. The van der Waals surface area contributed by atoms with Gasteiger partial charge in [0, 0.05) is 10.6 Å². The summed E-state index contributed by atoms with van der Waals surface area (Å²) in [6.07, 6.45) is 3.15. The highest BCUT2D eigenvalue weighted by atomic mass is 35.5. The molecule has 0 N–H and O–H groups in total. The molecule has 0 aromatic heterocycles. The molecule has 170 valence electrons. The molecule has 4 nitrogen and oxygen atoms in total. The van der Waals surface area contributed by atoms with Crippen molar-refractivity contribution in [2.75, 3.05) is 19.7 Å². The highest BCUT2D eigenvalue weighted by molar-refractivity contribution is 7.93. The number of hydrogen-bond acceptors (Lipinski definition) is 4. The summed E-state index contributed by atoms with van der Waals surface area (Å²) in [5.41, 5.74) is -0.0612. The van der Waals surface area contributed by atoms with Crippen LogP contribution in [0, 0.1) is 0 Å². The average Bonchev–Trinajstić information content (AvgIpc) is 2.76. The van der Waals surface area contributed by atoms with Gasteiger partial charge in [-0.05, 0) is 68.8 Å². The topological polar surface area (TPSA) is 46.6 Å². The molecule has 0 amide bonds. The van der Waals surface area contributed by atoms with E-state index in [0.29, 0.717) is 24.5 Å². The first-order chi connectivity index (χ1) is 14.8. The van der Waals surface area contributed by atoms with Crippen LogP contribution in [0.2, 0.25) is 5.02 Å². The molecule has 0 radical (unpaired) electrons. The summed E-state index contributed by atoms with van der Waals surface area (Å²) in [5.74, 6) is -0.698. The Morgan fingerprint density at radius 3 is 2.71 bits per heavy atom. The van der Waals surface area contributed by atoms with E-state index < -0.39 is 38.7 Å². The van der Waals surface area contributed by atoms with E-state index in [1.165, 1.54) is 24.3 Å². The van der Waals surface area contributed by atoms with Crippen LogP contribution in [-0.4, -0.2) is 56.1 Å². The van der Waals surface area contributed by atoms with Crippen molar-refractivity contribution in [1.82, 2.24) is 4.90 Å². The lowest BCUT2D eigenvalue weighted by Crippen LogP contribution is -2.68. The van der Waals surface area contributed by atoms with Gasteiger partial charge in [-0.25, -0.2) is 17.2 Å². The monoisotopic (exact) mass is 471 g/mol. The van der Waals surface area contributed by atoms with E-state index in [0.717, 1.165) is 31.4 Å². The Kier molecular flexibility index (Phi) is 6.59. The molecule has 1 aliphatic carbocycles. The van der Waals surface area contributed by atoms with Gasteiger partial charge in [0.2, 0.25) is 0 Å². The second-order valence-corrected chi connectivity index (χ2v) is 11.2. The maximum absolute atomic E-state index is 15.3. The number of piperidine rings is 1. The third kappa shape index (κ3) is 3.77. The zero-order chi connectivity index (χ0) is 22.2. The molecule has 2 fully saturated rings. The van der Waals surface area contributed by atoms with E-state index in [1.807, 2.05) is 0 Å². The van der Waals surface area contributed by atoms with Crippen LogP contribution < -0.4 is 0 Å². The molecule has 8 heteroatoms. The number of ether oxygens (including phenoxy) is 1. The van der Waals surface area contributed by atoms with E-state index in [-0.39, 0.29) is 23.5 Å². The SMILES string of the molecule is CCCCCN1CCC[C@]2(S(=O)(=O)c3ccc(Cl)cc3)C3=C(F)C=CC(F)C3OC[C@H]12. The maximum atomic E-state index is 15.3. The third-order valence-electron chi connectivity index (χ3n) is 6.77. The number of nitrogens with zero attached hydrogens (tertiary/aromatic N) is 1. The summed E-state index contributed by atoms with van der Waals surface area (Å²) in [7, 11) is -4.07. The molecule has 4 atom stereocenters. The predicted molar refractivity (Wildman–Crippen MR) is 117 cm³/mol. The van der Waals surface area contributed by atoms with Gasteiger partial charge in [-0.2, -0.15) is 0 Å². The van der Waals surface area contributed by atoms with Crippen LogP contribution in [0.3, 0.4) is 0 Å². The van der Waals surface area contributed by atoms with Crippen LogP contribution in [0.4, 0.5) is 8.78 Å². The van der Waals surface area contributed by atoms with Crippen LogP contribution in [0.5, 0.6) is 0 Å². The Bertz CT molecular complexity index is 979. The number of unbranched alkanes of at least 4 members (excludes halogenated alkanes) is 2. The van der Waals surface area contributed by atoms with E-state index >= 15 is 4.39 Å². The number of halogens is 3. The Morgan fingerprint density at radius 1 is 1.26 bits per heavy atom. The van der Waals surface area contributed by atoms with E-state index in [1.54, 1.807) is 0 Å². The van der Waals surface area contributed by atoms with Crippen molar-refractivity contribution in [2.45, 2.75) is 67.0 Å². The largest absolute Gasteiger partial charge is 0.369 e. The lowest BCUT2D eigenvalue weighted by molar-refractivity contribution is -0.0588. The first-order valence-corrected chi connectivity index (χ1v) is 12.8. The van der Waals surface area contributed by atoms with Crippen LogP contribution in [0.15, 0.2) is 52.7 Å². The summed E-state index contributed by atoms with van der Waals surface area (Å²) in [4.78, 5) is 2.18. The first-order valence-electron chi connectivity index (χ1n) is 10.9. The van der Waals surface area contributed by atoms with Crippen molar-refractivity contribution in [2.24, 2.45) is 0 Å². The first kappa shape index (κ1) is 22.9. The molecule has 2 saturated heterocycles. The Balaban J connectivity index is 1.88. The number of allylic oxidation sites excluding steroid dienone is 2. The number of likely N-dealkylation sites (tertiary alicyclic amines) is 1. The molecule has 3 aliphatic rings. The molecule has 4 rings (SSSR count). The van der Waals surface area contributed by atoms with Gasteiger partial charge < -0.3 is 4.74 Å². The van der Waals surface area contributed by atoms with Gasteiger partial charge in [-0.3, -0.25) is 4.90 Å². The second kappa shape index (κ2) is 8.93. The number of sulfone groups is 1. The van der Waals surface area contributed by atoms with Crippen LogP contribution in [0.1, 0.15) is 39.0 Å². The van der Waals surface area contributed by atoms with Gasteiger partial charge in [0.1, 0.15) is 22.8 Å². The fourth-order valence-electron chi connectivity index (χ4n) is 5.31. The van der Waals surface area contributed by atoms with Crippen LogP contribution in [-0.2, 0) is 14.6 Å². The summed E-state index contributed by atoms with van der Waals surface area (Å²) >= 11 is 5.98. The van der Waals surface area contributed by atoms with Crippen molar-refractivity contribution in [3.8, 4) is 0 Å². The minimum Gasteiger partial charge on any atom is -0.369 e. The van der Waals surface area contributed by atoms with E-state index in [2.05, 4.69) is 11.8 Å². The van der Waals surface area contributed by atoms with Crippen molar-refractivity contribution in [3.63, 3.8) is 0 Å². The van der Waals surface area contributed by atoms with Crippen molar-refractivity contribution >= 4 is 21.4 Å². The summed E-state index contributed by atoms with van der Waals surface area (Å²) in [6, 6.07) is 5.36. The molecule has 1 aromatic carbocycles. The second-order valence-electron chi connectivity index (χ2n) is 8.53. The molecule has 31 heavy (non-hydrogen) atoms. The lowest BCUT2D eigenvalue weighted by Gasteiger charge is -2.55. The summed E-state index contributed by atoms with van der Waals surface area (Å²) in [6.45, 7) is 3.57. The van der Waals surface area contributed by atoms with Gasteiger partial charge in [-0.1, -0.05) is 31.4 Å². The van der Waals surface area contributed by atoms with Gasteiger partial charge in [-0.15, -0.1) is 0 Å². The number of rotatable bonds is 6. The molecule has 2 unspecified atom stereocenters. The predicted octanol–water partition coefficient (Wildman–Crippen LogP) is 5.04. The van der Waals surface area contributed by atoms with Crippen molar-refractivity contribution in [1.29, 1.82) is 0 Å². The summed E-state index contributed by atoms with van der Waals surface area (Å²) < 4.78 is 62.6. The molecular formula is C23H28ClF2NO3S. The Hall–Kier alpha value is -1.28. The number of alkyl halides is 1. The number of hydrogen-bond donors (Lipinski definition) is 0. The molecular weight excluding hydrogens is 444 g/mol. The summed E-state index contributed by atoms with van der Waals surface area (Å²) in [5, 5.41) is 0.414. The molecule has 0 bridgehead atoms. The fraction of sp³-hybridized carbons (Fsp3) is 0.565. The van der Waals surface area contributed by atoms with Gasteiger partial charge in [0.05, 0.1) is 17.5 Å². The van der Waals surface area contributed by atoms with Gasteiger partial charge >= 0.3 is 0 Å². The Labute approximate surface area is 187 Å². The number of fused-ring (bicyclic) bond motifs is 3. The molecule has 2 aliphatic heterocycles. The molecule has 0 spiro atoms. The van der Waals surface area contributed by atoms with Gasteiger partial charge in [0.15, 0.2) is 9.84 Å². The molecule has 1 aromatic rings. The minimum atomic E-state index is -4.07.